The monoisotopic (exact) mass is 1050 g/mol. The van der Waals surface area contributed by atoms with E-state index in [-0.39, 0.29) is 6.61 Å². The Hall–Kier alpha value is -3.37. The number of carbonyl (C=O) groups is 1. The van der Waals surface area contributed by atoms with E-state index in [9.17, 15) is 4.79 Å². The molecule has 2 fully saturated rings. The number of anilines is 4. The molecule has 16 nitrogen and oxygen atoms in total. The largest absolute Gasteiger partial charge is 0.444 e. The second-order valence-corrected chi connectivity index (χ2v) is 25.9. The molecule has 0 aromatic carbocycles. The van der Waals surface area contributed by atoms with E-state index in [4.69, 9.17) is 32.6 Å². The van der Waals surface area contributed by atoms with Crippen LogP contribution in [-0.2, 0) is 43.0 Å². The van der Waals surface area contributed by atoms with E-state index in [1.54, 1.807) is 11.8 Å². The third-order valence-electron chi connectivity index (χ3n) is 10.9. The molecule has 4 aromatic heterocycles. The fourth-order valence-corrected chi connectivity index (χ4v) is 9.48. The molecule has 0 radical (unpaired) electrons. The molecule has 0 bridgehead atoms. The molecule has 3 N–H and O–H groups in total. The average Bonchev–Trinajstić information content (AvgIpc) is 3.85. The van der Waals surface area contributed by atoms with Crippen LogP contribution in [-0.4, -0.2) is 123 Å². The van der Waals surface area contributed by atoms with Gasteiger partial charge in [-0.15, -0.1) is 0 Å². The number of pyridine rings is 2. The van der Waals surface area contributed by atoms with Crippen LogP contribution in [0.25, 0.3) is 0 Å². The quantitative estimate of drug-likeness (QED) is 0.0515. The first kappa shape index (κ1) is 56.2. The number of halogens is 1. The molecule has 0 saturated carbocycles. The van der Waals surface area contributed by atoms with Crippen LogP contribution in [0.4, 0.5) is 27.8 Å². The van der Waals surface area contributed by atoms with Gasteiger partial charge in [0, 0.05) is 92.5 Å². The van der Waals surface area contributed by atoms with Gasteiger partial charge in [0.15, 0.2) is 8.32 Å². The van der Waals surface area contributed by atoms with Gasteiger partial charge in [0.1, 0.15) is 28.8 Å². The lowest BCUT2D eigenvalue weighted by Gasteiger charge is -2.35. The smallest absolute Gasteiger partial charge is 0.413 e. The summed E-state index contributed by atoms with van der Waals surface area (Å²) in [5.74, 6) is 4.32. The van der Waals surface area contributed by atoms with Crippen LogP contribution in [0.2, 0.25) is 18.1 Å². The number of aliphatic hydroxyl groups is 1. The first-order chi connectivity index (χ1) is 31.7. The molecule has 0 spiro atoms. The number of aryl methyl sites for hydroxylation is 4. The van der Waals surface area contributed by atoms with Gasteiger partial charge in [0.05, 0.1) is 55.8 Å². The summed E-state index contributed by atoms with van der Waals surface area (Å²) in [7, 11) is -1.46. The number of rotatable bonds is 17. The van der Waals surface area contributed by atoms with E-state index in [1.807, 2.05) is 59.7 Å². The van der Waals surface area contributed by atoms with Crippen molar-refractivity contribution in [1.82, 2.24) is 19.9 Å². The van der Waals surface area contributed by atoms with Crippen molar-refractivity contribution in [3.05, 3.63) is 58.6 Å². The van der Waals surface area contributed by atoms with Gasteiger partial charge in [-0.3, -0.25) is 5.32 Å². The zero-order valence-corrected chi connectivity index (χ0v) is 46.0. The fourth-order valence-electron chi connectivity index (χ4n) is 6.41. The van der Waals surface area contributed by atoms with Crippen LogP contribution in [0.15, 0.2) is 43.5 Å². The van der Waals surface area contributed by atoms with Crippen LogP contribution < -0.4 is 20.4 Å². The van der Waals surface area contributed by atoms with E-state index >= 15 is 0 Å². The minimum Gasteiger partial charge on any atom is -0.444 e. The van der Waals surface area contributed by atoms with Crippen LogP contribution in [0.1, 0.15) is 89.7 Å². The SMILES string of the molecule is CC(C)(C)[Si](C)(C)OCCBr.CCc1oc(SCc2cc(N3CCOCC3)cc(NC(=O)OC(C)(C)C)n2)nc1C.CCc1oc(SCc2cc(N3CCOCC3)cc(NCCO)n2)nc1C. The van der Waals surface area contributed by atoms with Crippen LogP contribution in [0, 0.1) is 13.8 Å². The summed E-state index contributed by atoms with van der Waals surface area (Å²) in [5, 5.41) is 17.6. The van der Waals surface area contributed by atoms with E-state index in [0.717, 1.165) is 116 Å². The maximum atomic E-state index is 12.2. The molecular weight excluding hydrogens is 977 g/mol. The van der Waals surface area contributed by atoms with Crippen molar-refractivity contribution in [2.24, 2.45) is 0 Å². The number of ether oxygens (including phenoxy) is 3. The fraction of sp³-hybridized carbons (Fsp3) is 0.638. The topological polar surface area (TPSA) is 183 Å². The van der Waals surface area contributed by atoms with Gasteiger partial charge in [-0.2, -0.15) is 0 Å². The minimum absolute atomic E-state index is 0.0724. The Morgan fingerprint density at radius 2 is 1.24 bits per heavy atom. The molecule has 1 amide bonds. The van der Waals surface area contributed by atoms with Gasteiger partial charge in [-0.1, -0.05) is 74.1 Å². The molecule has 374 valence electrons. The van der Waals surface area contributed by atoms with E-state index < -0.39 is 20.0 Å². The Kier molecular flexibility index (Phi) is 22.8. The van der Waals surface area contributed by atoms with Crippen LogP contribution in [0.3, 0.4) is 0 Å². The standard InChI is InChI=1S/C21H30N4O4S.C18H26N4O3S.C8H19BrOSi/c1-6-17-14(2)22-20(28-17)30-13-15-11-16(25-7-9-27-10-8-25)12-18(23-15)24-19(26)29-21(3,4)5;1-3-16-13(2)20-18(25-16)26-12-14-10-15(22-5-8-24-9-6-22)11-17(21-14)19-4-7-23;1-8(2,3)11(4,5)10-7-6-9/h11-12H,6-10,13H2,1-5H3,(H,23,24,26);10-11,23H,3-9,12H2,1-2H3,(H,19,21);6-7H2,1-5H3. The maximum Gasteiger partial charge on any atom is 0.413 e. The number of alkyl halides is 1. The molecule has 4 aromatic rings. The predicted octanol–water partition coefficient (Wildman–Crippen LogP) is 10.3. The lowest BCUT2D eigenvalue weighted by atomic mass is 10.2. The van der Waals surface area contributed by atoms with E-state index in [2.05, 4.69) is 103 Å². The normalized spacial score (nSPS) is 14.5. The van der Waals surface area contributed by atoms with E-state index in [1.165, 1.54) is 11.8 Å². The number of amides is 1. The second-order valence-electron chi connectivity index (χ2n) is 18.4. The molecular formula is C47H75BrN8O8S2Si. The molecule has 0 atom stereocenters. The average molecular weight is 1050 g/mol. The van der Waals surface area contributed by atoms with Gasteiger partial charge in [-0.25, -0.2) is 24.7 Å². The van der Waals surface area contributed by atoms with Crippen molar-refractivity contribution in [2.75, 3.05) is 98.1 Å². The maximum absolute atomic E-state index is 12.2. The van der Waals surface area contributed by atoms with Crippen molar-refractivity contribution in [2.45, 2.75) is 128 Å². The Morgan fingerprint density at radius 3 is 1.64 bits per heavy atom. The first-order valence-corrected chi connectivity index (χ1v) is 29.1. The summed E-state index contributed by atoms with van der Waals surface area (Å²) in [6.07, 6.45) is 1.14. The molecule has 2 aliphatic rings. The molecule has 0 aliphatic carbocycles. The molecule has 6 rings (SSSR count). The number of carbonyl (C=O) groups excluding carboxylic acids is 1. The summed E-state index contributed by atoms with van der Waals surface area (Å²) in [6, 6.07) is 8.04. The number of morpholine rings is 2. The summed E-state index contributed by atoms with van der Waals surface area (Å²) in [4.78, 5) is 35.0. The Morgan fingerprint density at radius 1 is 0.776 bits per heavy atom. The van der Waals surface area contributed by atoms with Gasteiger partial charge in [-0.05, 0) is 64.9 Å². The predicted molar refractivity (Wildman–Crippen MR) is 277 cm³/mol. The molecule has 2 saturated heterocycles. The van der Waals surface area contributed by atoms with E-state index in [0.29, 0.717) is 52.6 Å². The highest BCUT2D eigenvalue weighted by Gasteiger charge is 2.36. The highest BCUT2D eigenvalue weighted by molar-refractivity contribution is 9.09. The van der Waals surface area contributed by atoms with Crippen molar-refractivity contribution in [3.8, 4) is 0 Å². The van der Waals surface area contributed by atoms with Crippen molar-refractivity contribution >= 4 is 76.9 Å². The Balaban J connectivity index is 0.000000242. The molecule has 6 heterocycles. The van der Waals surface area contributed by atoms with Crippen molar-refractivity contribution in [1.29, 1.82) is 0 Å². The number of nitrogens with zero attached hydrogens (tertiary/aromatic N) is 6. The lowest BCUT2D eigenvalue weighted by molar-refractivity contribution is 0.0635. The number of hydrogen-bond acceptors (Lipinski definition) is 17. The third kappa shape index (κ3) is 19.2. The molecule has 2 aliphatic heterocycles. The van der Waals surface area contributed by atoms with Crippen molar-refractivity contribution in [3.63, 3.8) is 0 Å². The number of hydrogen-bond donors (Lipinski definition) is 3. The highest BCUT2D eigenvalue weighted by atomic mass is 79.9. The zero-order valence-electron chi connectivity index (χ0n) is 41.8. The van der Waals surface area contributed by atoms with Crippen molar-refractivity contribution < 1.29 is 37.4 Å². The number of oxazole rings is 2. The van der Waals surface area contributed by atoms with Crippen LogP contribution in [0.5, 0.6) is 0 Å². The summed E-state index contributed by atoms with van der Waals surface area (Å²) in [5.41, 5.74) is 5.18. The lowest BCUT2D eigenvalue weighted by Crippen LogP contribution is -2.41. The Bertz CT molecular complexity index is 2120. The van der Waals surface area contributed by atoms with Gasteiger partial charge in [0.2, 0.25) is 0 Å². The second kappa shape index (κ2) is 27.1. The van der Waals surface area contributed by atoms with Gasteiger partial charge >= 0.3 is 6.09 Å². The molecule has 0 unspecified atom stereocenters. The summed E-state index contributed by atoms with van der Waals surface area (Å²) >= 11 is 6.41. The number of aliphatic hydroxyl groups excluding tert-OH is 1. The summed E-state index contributed by atoms with van der Waals surface area (Å²) < 4.78 is 33.7. The number of nitrogens with one attached hydrogen (secondary N) is 2. The van der Waals surface area contributed by atoms with Gasteiger partial charge < -0.3 is 47.7 Å². The minimum atomic E-state index is -1.46. The Labute approximate surface area is 416 Å². The number of thioether (sulfide) groups is 2. The van der Waals surface area contributed by atoms with Crippen LogP contribution >= 0.6 is 39.5 Å². The first-order valence-electron chi connectivity index (χ1n) is 23.1. The van der Waals surface area contributed by atoms with Gasteiger partial charge in [0.25, 0.3) is 10.4 Å². The third-order valence-corrected chi connectivity index (χ3v) is 17.5. The molecule has 20 heteroatoms. The molecule has 67 heavy (non-hydrogen) atoms. The highest BCUT2D eigenvalue weighted by Crippen LogP contribution is 2.36. The zero-order chi connectivity index (χ0) is 49.2. The number of aromatic nitrogens is 4. The summed E-state index contributed by atoms with van der Waals surface area (Å²) in [6.45, 7) is 32.4.